The van der Waals surface area contributed by atoms with Gasteiger partial charge >= 0.3 is 5.97 Å². The third-order valence-electron chi connectivity index (χ3n) is 4.33. The van der Waals surface area contributed by atoms with Crippen LogP contribution in [0.3, 0.4) is 0 Å². The van der Waals surface area contributed by atoms with Gasteiger partial charge in [0, 0.05) is 18.6 Å². The molecule has 0 aliphatic rings. The molecule has 2 N–H and O–H groups in total. The van der Waals surface area contributed by atoms with Gasteiger partial charge in [-0.2, -0.15) is 0 Å². The highest BCUT2D eigenvalue weighted by molar-refractivity contribution is 7.92. The lowest BCUT2D eigenvalue weighted by Crippen LogP contribution is -2.17. The highest BCUT2D eigenvalue weighted by Gasteiger charge is 2.23. The standard InChI is InChI=1S/C21H26N2O8S/c1-6-20(24)22-16-10-13(8-9-17(16)31-7-2)32(26,27)23-15-12-19(29-4)18(28-3)11-14(15)21(25)30-5/h8-12,23H,6-7H2,1-5H3,(H,22,24). The Bertz CT molecular complexity index is 1100. The number of benzene rings is 2. The average molecular weight is 467 g/mol. The Labute approximate surface area is 186 Å². The van der Waals surface area contributed by atoms with Crippen LogP contribution in [0.2, 0.25) is 0 Å². The van der Waals surface area contributed by atoms with Crippen LogP contribution in [-0.4, -0.2) is 48.2 Å². The van der Waals surface area contributed by atoms with Gasteiger partial charge < -0.3 is 24.3 Å². The monoisotopic (exact) mass is 466 g/mol. The number of hydrogen-bond donors (Lipinski definition) is 2. The molecule has 0 radical (unpaired) electrons. The molecule has 0 atom stereocenters. The minimum Gasteiger partial charge on any atom is -0.493 e. The third kappa shape index (κ3) is 5.61. The van der Waals surface area contributed by atoms with Crippen molar-refractivity contribution in [3.8, 4) is 17.2 Å². The Balaban J connectivity index is 2.54. The van der Waals surface area contributed by atoms with E-state index >= 15 is 0 Å². The lowest BCUT2D eigenvalue weighted by Gasteiger charge is -2.17. The maximum Gasteiger partial charge on any atom is 0.340 e. The van der Waals surface area contributed by atoms with Crippen molar-refractivity contribution in [3.63, 3.8) is 0 Å². The maximum absolute atomic E-state index is 13.1. The van der Waals surface area contributed by atoms with Gasteiger partial charge in [0.15, 0.2) is 11.5 Å². The van der Waals surface area contributed by atoms with E-state index in [1.54, 1.807) is 13.8 Å². The van der Waals surface area contributed by atoms with Crippen LogP contribution >= 0.6 is 0 Å². The average Bonchev–Trinajstić information content (AvgIpc) is 2.78. The van der Waals surface area contributed by atoms with Crippen molar-refractivity contribution in [3.05, 3.63) is 35.9 Å². The van der Waals surface area contributed by atoms with Crippen molar-refractivity contribution >= 4 is 33.3 Å². The van der Waals surface area contributed by atoms with Gasteiger partial charge in [-0.05, 0) is 25.1 Å². The fourth-order valence-corrected chi connectivity index (χ4v) is 3.84. The summed E-state index contributed by atoms with van der Waals surface area (Å²) >= 11 is 0. The topological polar surface area (TPSA) is 129 Å². The van der Waals surface area contributed by atoms with Crippen molar-refractivity contribution in [1.82, 2.24) is 0 Å². The highest BCUT2D eigenvalue weighted by Crippen LogP contribution is 2.35. The van der Waals surface area contributed by atoms with Crippen LogP contribution in [0.25, 0.3) is 0 Å². The van der Waals surface area contributed by atoms with Crippen molar-refractivity contribution in [2.45, 2.75) is 25.2 Å². The van der Waals surface area contributed by atoms with Crippen LogP contribution in [0.5, 0.6) is 17.2 Å². The lowest BCUT2D eigenvalue weighted by atomic mass is 10.1. The zero-order valence-corrected chi connectivity index (χ0v) is 19.3. The Morgan fingerprint density at radius 3 is 2.12 bits per heavy atom. The minimum absolute atomic E-state index is 0.0671. The zero-order valence-electron chi connectivity index (χ0n) is 18.5. The van der Waals surface area contributed by atoms with Gasteiger partial charge in [-0.15, -0.1) is 0 Å². The molecular weight excluding hydrogens is 440 g/mol. The number of hydrogen-bond acceptors (Lipinski definition) is 8. The second-order valence-corrected chi connectivity index (χ2v) is 8.02. The summed E-state index contributed by atoms with van der Waals surface area (Å²) in [5.41, 5.74) is 0.0729. The predicted octanol–water partition coefficient (Wildman–Crippen LogP) is 3.04. The summed E-state index contributed by atoms with van der Waals surface area (Å²) in [6.07, 6.45) is 0.203. The van der Waals surface area contributed by atoms with Gasteiger partial charge in [-0.3, -0.25) is 9.52 Å². The van der Waals surface area contributed by atoms with Crippen LogP contribution in [0.15, 0.2) is 35.2 Å². The number of nitrogens with one attached hydrogen (secondary N) is 2. The van der Waals surface area contributed by atoms with Gasteiger partial charge in [0.1, 0.15) is 5.75 Å². The highest BCUT2D eigenvalue weighted by atomic mass is 32.2. The molecule has 2 rings (SSSR count). The third-order valence-corrected chi connectivity index (χ3v) is 5.69. The van der Waals surface area contributed by atoms with E-state index < -0.39 is 16.0 Å². The number of ether oxygens (including phenoxy) is 4. The zero-order chi connectivity index (χ0) is 23.9. The quantitative estimate of drug-likeness (QED) is 0.511. The summed E-state index contributed by atoms with van der Waals surface area (Å²) < 4.78 is 49.2. The van der Waals surface area contributed by atoms with Crippen LogP contribution in [0, 0.1) is 0 Å². The molecule has 10 nitrogen and oxygen atoms in total. The molecule has 0 aliphatic heterocycles. The molecule has 0 aliphatic carbocycles. The van der Waals surface area contributed by atoms with E-state index in [1.165, 1.54) is 51.7 Å². The molecule has 1 amide bonds. The molecule has 0 unspecified atom stereocenters. The summed E-state index contributed by atoms with van der Waals surface area (Å²) in [4.78, 5) is 23.9. The second-order valence-electron chi connectivity index (χ2n) is 6.34. The first-order valence-electron chi connectivity index (χ1n) is 9.64. The molecule has 0 aromatic heterocycles. The first kappa shape index (κ1) is 24.8. The molecule has 0 bridgehead atoms. The number of anilines is 2. The van der Waals surface area contributed by atoms with Gasteiger partial charge in [0.25, 0.3) is 10.0 Å². The Morgan fingerprint density at radius 2 is 1.56 bits per heavy atom. The number of amides is 1. The van der Waals surface area contributed by atoms with E-state index in [-0.39, 0.29) is 45.7 Å². The lowest BCUT2D eigenvalue weighted by molar-refractivity contribution is -0.115. The van der Waals surface area contributed by atoms with Crippen LogP contribution in [0.4, 0.5) is 11.4 Å². The Morgan fingerprint density at radius 1 is 0.906 bits per heavy atom. The molecule has 0 fully saturated rings. The van der Waals surface area contributed by atoms with Crippen LogP contribution < -0.4 is 24.2 Å². The fourth-order valence-electron chi connectivity index (χ4n) is 2.74. The summed E-state index contributed by atoms with van der Waals surface area (Å²) in [6, 6.07) is 6.68. The summed E-state index contributed by atoms with van der Waals surface area (Å²) in [5, 5.41) is 2.63. The van der Waals surface area contributed by atoms with Crippen LogP contribution in [0.1, 0.15) is 30.6 Å². The second kappa shape index (κ2) is 10.7. The molecule has 11 heteroatoms. The molecule has 0 heterocycles. The normalized spacial score (nSPS) is 10.8. The van der Waals surface area contributed by atoms with E-state index in [4.69, 9.17) is 18.9 Å². The number of rotatable bonds is 10. The maximum atomic E-state index is 13.1. The molecule has 2 aromatic carbocycles. The van der Waals surface area contributed by atoms with Gasteiger partial charge in [0.05, 0.1) is 49.8 Å². The predicted molar refractivity (Wildman–Crippen MR) is 118 cm³/mol. The Kier molecular flexibility index (Phi) is 8.30. The number of sulfonamides is 1. The van der Waals surface area contributed by atoms with Crippen molar-refractivity contribution < 1.29 is 37.0 Å². The van der Waals surface area contributed by atoms with Crippen molar-refractivity contribution in [2.75, 3.05) is 38.0 Å². The fraction of sp³-hybridized carbons (Fsp3) is 0.333. The van der Waals surface area contributed by atoms with E-state index in [2.05, 4.69) is 10.0 Å². The summed E-state index contributed by atoms with van der Waals surface area (Å²) in [5.74, 6) is -0.316. The van der Waals surface area contributed by atoms with Gasteiger partial charge in [-0.25, -0.2) is 13.2 Å². The van der Waals surface area contributed by atoms with E-state index in [0.29, 0.717) is 12.4 Å². The number of carbonyl (C=O) groups excluding carboxylic acids is 2. The number of methoxy groups -OCH3 is 3. The minimum atomic E-state index is -4.18. The molecule has 32 heavy (non-hydrogen) atoms. The summed E-state index contributed by atoms with van der Waals surface area (Å²) in [6.45, 7) is 3.76. The van der Waals surface area contributed by atoms with E-state index in [1.807, 2.05) is 0 Å². The first-order chi connectivity index (χ1) is 15.2. The van der Waals surface area contributed by atoms with E-state index in [9.17, 15) is 18.0 Å². The largest absolute Gasteiger partial charge is 0.493 e. The molecule has 0 saturated heterocycles. The smallest absolute Gasteiger partial charge is 0.340 e. The number of esters is 1. The SMILES string of the molecule is CCOc1ccc(S(=O)(=O)Nc2cc(OC)c(OC)cc2C(=O)OC)cc1NC(=O)CC. The molecule has 174 valence electrons. The molecule has 0 saturated carbocycles. The van der Waals surface area contributed by atoms with Crippen molar-refractivity contribution in [1.29, 1.82) is 0 Å². The first-order valence-corrected chi connectivity index (χ1v) is 11.1. The molecule has 2 aromatic rings. The molecule has 0 spiro atoms. The van der Waals surface area contributed by atoms with Crippen LogP contribution in [-0.2, 0) is 19.6 Å². The van der Waals surface area contributed by atoms with E-state index in [0.717, 1.165) is 0 Å². The van der Waals surface area contributed by atoms with Gasteiger partial charge in [-0.1, -0.05) is 6.92 Å². The summed E-state index contributed by atoms with van der Waals surface area (Å²) in [7, 11) is -0.245. The Hall–Kier alpha value is -3.47. The van der Waals surface area contributed by atoms with Crippen molar-refractivity contribution in [2.24, 2.45) is 0 Å². The van der Waals surface area contributed by atoms with Gasteiger partial charge in [0.2, 0.25) is 5.91 Å². The molecular formula is C21H26N2O8S. The number of carbonyl (C=O) groups is 2.